The maximum Gasteiger partial charge on any atom is 0.230 e. The summed E-state index contributed by atoms with van der Waals surface area (Å²) in [6, 6.07) is 0. The van der Waals surface area contributed by atoms with Gasteiger partial charge in [-0.1, -0.05) is 33.1 Å². The van der Waals surface area contributed by atoms with E-state index in [-0.39, 0.29) is 11.7 Å². The van der Waals surface area contributed by atoms with Crippen LogP contribution >= 0.6 is 0 Å². The fraction of sp³-hybridized carbons (Fsp3) is 0.833. The fourth-order valence-corrected chi connectivity index (χ4v) is 1.44. The summed E-state index contributed by atoms with van der Waals surface area (Å²) in [7, 11) is 0. The third kappa shape index (κ3) is 6.26. The van der Waals surface area contributed by atoms with E-state index in [4.69, 9.17) is 0 Å². The van der Waals surface area contributed by atoms with E-state index >= 15 is 0 Å². The number of rotatable bonds is 8. The Morgan fingerprint density at radius 2 is 1.73 bits per heavy atom. The van der Waals surface area contributed by atoms with Crippen LogP contribution in [0.15, 0.2) is 0 Å². The lowest BCUT2D eigenvalue weighted by atomic mass is 9.97. The molecule has 88 valence electrons. The van der Waals surface area contributed by atoms with Gasteiger partial charge < -0.3 is 5.32 Å². The van der Waals surface area contributed by atoms with Crippen LogP contribution in [-0.4, -0.2) is 18.2 Å². The van der Waals surface area contributed by atoms with Gasteiger partial charge in [0.25, 0.3) is 0 Å². The van der Waals surface area contributed by atoms with E-state index in [1.54, 1.807) is 0 Å². The first kappa shape index (κ1) is 14.1. The summed E-state index contributed by atoms with van der Waals surface area (Å²) >= 11 is 0. The van der Waals surface area contributed by atoms with Crippen molar-refractivity contribution in [3.63, 3.8) is 0 Å². The number of carbonyl (C=O) groups is 2. The van der Waals surface area contributed by atoms with Gasteiger partial charge in [0.2, 0.25) is 5.91 Å². The highest BCUT2D eigenvalue weighted by Gasteiger charge is 2.21. The molecule has 0 spiro atoms. The maximum absolute atomic E-state index is 11.6. The molecular formula is C12H23NO2. The van der Waals surface area contributed by atoms with Crippen LogP contribution in [-0.2, 0) is 9.59 Å². The Kier molecular flexibility index (Phi) is 7.96. The van der Waals surface area contributed by atoms with Crippen LogP contribution in [0.25, 0.3) is 0 Å². The third-order valence-corrected chi connectivity index (χ3v) is 2.48. The van der Waals surface area contributed by atoms with Gasteiger partial charge in [-0.05, 0) is 19.8 Å². The van der Waals surface area contributed by atoms with Gasteiger partial charge in [0.1, 0.15) is 5.78 Å². The minimum Gasteiger partial charge on any atom is -0.355 e. The molecular weight excluding hydrogens is 190 g/mol. The Labute approximate surface area is 92.6 Å². The van der Waals surface area contributed by atoms with Crippen LogP contribution in [0.3, 0.4) is 0 Å². The van der Waals surface area contributed by atoms with Crippen molar-refractivity contribution in [2.24, 2.45) is 5.92 Å². The van der Waals surface area contributed by atoms with Gasteiger partial charge in [-0.25, -0.2) is 0 Å². The van der Waals surface area contributed by atoms with Crippen molar-refractivity contribution in [3.8, 4) is 0 Å². The van der Waals surface area contributed by atoms with Crippen LogP contribution in [0.5, 0.6) is 0 Å². The number of amides is 1. The molecule has 0 aliphatic rings. The Morgan fingerprint density at radius 1 is 1.13 bits per heavy atom. The van der Waals surface area contributed by atoms with E-state index in [2.05, 4.69) is 19.2 Å². The van der Waals surface area contributed by atoms with Crippen molar-refractivity contribution in [1.29, 1.82) is 0 Å². The largest absolute Gasteiger partial charge is 0.355 e. The van der Waals surface area contributed by atoms with Crippen molar-refractivity contribution in [2.75, 3.05) is 6.54 Å². The van der Waals surface area contributed by atoms with Crippen molar-refractivity contribution < 1.29 is 9.59 Å². The smallest absolute Gasteiger partial charge is 0.230 e. The van der Waals surface area contributed by atoms with Gasteiger partial charge in [0.15, 0.2) is 0 Å². The molecule has 0 bridgehead atoms. The summed E-state index contributed by atoms with van der Waals surface area (Å²) in [6.45, 7) is 6.32. The normalized spacial score (nSPS) is 12.2. The predicted molar refractivity (Wildman–Crippen MR) is 61.6 cm³/mol. The lowest BCUT2D eigenvalue weighted by Crippen LogP contribution is -2.35. The monoisotopic (exact) mass is 213 g/mol. The van der Waals surface area contributed by atoms with E-state index in [0.29, 0.717) is 13.0 Å². The summed E-state index contributed by atoms with van der Waals surface area (Å²) in [6.07, 6.45) is 4.67. The zero-order valence-electron chi connectivity index (χ0n) is 10.1. The lowest BCUT2D eigenvalue weighted by Gasteiger charge is -2.13. The SMILES string of the molecule is CCCCNC(=O)C(CCCC)C(C)=O. The quantitative estimate of drug-likeness (QED) is 0.496. The molecule has 0 aromatic heterocycles. The summed E-state index contributed by atoms with van der Waals surface area (Å²) in [5.41, 5.74) is 0. The highest BCUT2D eigenvalue weighted by atomic mass is 16.2. The van der Waals surface area contributed by atoms with Crippen LogP contribution in [0.4, 0.5) is 0 Å². The molecule has 15 heavy (non-hydrogen) atoms. The zero-order valence-corrected chi connectivity index (χ0v) is 10.1. The molecule has 1 amide bonds. The average Bonchev–Trinajstić information content (AvgIpc) is 2.18. The molecule has 0 aromatic rings. The molecule has 3 heteroatoms. The molecule has 3 nitrogen and oxygen atoms in total. The standard InChI is InChI=1S/C12H23NO2/c1-4-6-8-11(10(3)14)12(15)13-9-7-5-2/h11H,4-9H2,1-3H3,(H,13,15). The van der Waals surface area contributed by atoms with Gasteiger partial charge in [0.05, 0.1) is 5.92 Å². The van der Waals surface area contributed by atoms with Crippen LogP contribution < -0.4 is 5.32 Å². The predicted octanol–water partition coefficient (Wildman–Crippen LogP) is 2.30. The highest BCUT2D eigenvalue weighted by Crippen LogP contribution is 2.10. The number of hydrogen-bond donors (Lipinski definition) is 1. The third-order valence-electron chi connectivity index (χ3n) is 2.48. The average molecular weight is 213 g/mol. The van der Waals surface area contributed by atoms with Crippen LogP contribution in [0.1, 0.15) is 52.9 Å². The number of nitrogens with one attached hydrogen (secondary N) is 1. The molecule has 1 N–H and O–H groups in total. The molecule has 0 rings (SSSR count). The van der Waals surface area contributed by atoms with E-state index in [0.717, 1.165) is 25.7 Å². The minimum absolute atomic E-state index is 0.0163. The first-order chi connectivity index (χ1) is 7.13. The van der Waals surface area contributed by atoms with Crippen molar-refractivity contribution in [2.45, 2.75) is 52.9 Å². The maximum atomic E-state index is 11.6. The molecule has 0 fully saturated rings. The second-order valence-corrected chi connectivity index (χ2v) is 3.95. The van der Waals surface area contributed by atoms with Crippen LogP contribution in [0, 0.1) is 5.92 Å². The molecule has 0 saturated carbocycles. The van der Waals surface area contributed by atoms with Gasteiger partial charge in [0, 0.05) is 6.54 Å². The van der Waals surface area contributed by atoms with E-state index < -0.39 is 5.92 Å². The van der Waals surface area contributed by atoms with Crippen molar-refractivity contribution in [1.82, 2.24) is 5.32 Å². The second-order valence-electron chi connectivity index (χ2n) is 3.95. The molecule has 0 radical (unpaired) electrons. The van der Waals surface area contributed by atoms with E-state index in [1.807, 2.05) is 0 Å². The first-order valence-electron chi connectivity index (χ1n) is 5.91. The zero-order chi connectivity index (χ0) is 11.7. The number of hydrogen-bond acceptors (Lipinski definition) is 2. The van der Waals surface area contributed by atoms with Gasteiger partial charge >= 0.3 is 0 Å². The van der Waals surface area contributed by atoms with Crippen molar-refractivity contribution >= 4 is 11.7 Å². The summed E-state index contributed by atoms with van der Waals surface area (Å²) in [5, 5.41) is 2.81. The molecule has 1 unspecified atom stereocenters. The highest BCUT2D eigenvalue weighted by molar-refractivity contribution is 6.00. The van der Waals surface area contributed by atoms with Gasteiger partial charge in [-0.3, -0.25) is 9.59 Å². The Bertz CT molecular complexity index is 202. The first-order valence-corrected chi connectivity index (χ1v) is 5.91. The van der Waals surface area contributed by atoms with E-state index in [9.17, 15) is 9.59 Å². The number of ketones is 1. The Morgan fingerprint density at radius 3 is 2.20 bits per heavy atom. The molecule has 0 saturated heterocycles. The second kappa shape index (κ2) is 8.45. The topological polar surface area (TPSA) is 46.2 Å². The molecule has 0 aliphatic carbocycles. The summed E-state index contributed by atoms with van der Waals surface area (Å²) < 4.78 is 0. The lowest BCUT2D eigenvalue weighted by molar-refractivity contribution is -0.133. The van der Waals surface area contributed by atoms with Crippen LogP contribution in [0.2, 0.25) is 0 Å². The number of unbranched alkanes of at least 4 members (excludes halogenated alkanes) is 2. The Balaban J connectivity index is 3.99. The van der Waals surface area contributed by atoms with Crippen molar-refractivity contribution in [3.05, 3.63) is 0 Å². The van der Waals surface area contributed by atoms with Gasteiger partial charge in [-0.15, -0.1) is 0 Å². The fourth-order valence-electron chi connectivity index (χ4n) is 1.44. The Hall–Kier alpha value is -0.860. The molecule has 0 aliphatic heterocycles. The summed E-state index contributed by atoms with van der Waals surface area (Å²) in [4.78, 5) is 22.9. The minimum atomic E-state index is -0.429. The molecule has 1 atom stereocenters. The van der Waals surface area contributed by atoms with Gasteiger partial charge in [-0.2, -0.15) is 0 Å². The number of Topliss-reactive ketones (excluding diaryl/α,β-unsaturated/α-hetero) is 1. The molecule has 0 heterocycles. The molecule has 0 aromatic carbocycles. The summed E-state index contributed by atoms with van der Waals surface area (Å²) in [5.74, 6) is -0.538. The number of carbonyl (C=O) groups excluding carboxylic acids is 2. The van der Waals surface area contributed by atoms with E-state index in [1.165, 1.54) is 6.92 Å².